The fourth-order valence-electron chi connectivity index (χ4n) is 2.00. The van der Waals surface area contributed by atoms with Crippen molar-refractivity contribution in [3.05, 3.63) is 18.2 Å². The molecule has 0 atom stereocenters. The zero-order valence-electron chi connectivity index (χ0n) is 11.2. The zero-order chi connectivity index (χ0) is 13.1. The van der Waals surface area contributed by atoms with Crippen molar-refractivity contribution >= 4 is 5.91 Å². The Balaban J connectivity index is 2.05. The van der Waals surface area contributed by atoms with Crippen molar-refractivity contribution in [3.63, 3.8) is 0 Å². The molecule has 5 nitrogen and oxygen atoms in total. The van der Waals surface area contributed by atoms with Gasteiger partial charge in [-0.05, 0) is 32.6 Å². The molecule has 5 heteroatoms. The van der Waals surface area contributed by atoms with E-state index in [-0.39, 0.29) is 11.9 Å². The summed E-state index contributed by atoms with van der Waals surface area (Å²) in [5, 5.41) is 0. The molecule has 2 rings (SSSR count). The predicted molar refractivity (Wildman–Crippen MR) is 70.2 cm³/mol. The Morgan fingerprint density at radius 1 is 1.61 bits per heavy atom. The summed E-state index contributed by atoms with van der Waals surface area (Å²) in [7, 11) is 0. The molecule has 0 bridgehead atoms. The summed E-state index contributed by atoms with van der Waals surface area (Å²) < 4.78 is 1.86. The van der Waals surface area contributed by atoms with Gasteiger partial charge >= 0.3 is 0 Å². The molecule has 100 valence electrons. The Hall–Kier alpha value is -1.36. The van der Waals surface area contributed by atoms with Crippen molar-refractivity contribution in [1.82, 2.24) is 14.5 Å². The van der Waals surface area contributed by atoms with Crippen molar-refractivity contribution in [2.24, 2.45) is 11.7 Å². The Kier molecular flexibility index (Phi) is 4.01. The predicted octanol–water partition coefficient (Wildman–Crippen LogP) is 1.10. The maximum atomic E-state index is 12.4. The molecule has 1 aromatic heterocycles. The van der Waals surface area contributed by atoms with Crippen LogP contribution in [0.3, 0.4) is 0 Å². The van der Waals surface area contributed by atoms with Crippen LogP contribution in [0.2, 0.25) is 0 Å². The lowest BCUT2D eigenvalue weighted by Gasteiger charge is -2.25. The third-order valence-electron chi connectivity index (χ3n) is 3.28. The van der Waals surface area contributed by atoms with E-state index < -0.39 is 0 Å². The first-order valence-electron chi connectivity index (χ1n) is 6.64. The summed E-state index contributed by atoms with van der Waals surface area (Å²) in [6, 6.07) is 0.220. The normalized spacial score (nSPS) is 15.1. The van der Waals surface area contributed by atoms with E-state index in [1.807, 2.05) is 9.47 Å². The number of carbonyl (C=O) groups is 1. The highest BCUT2D eigenvalue weighted by Gasteiger charge is 2.29. The van der Waals surface area contributed by atoms with Crippen LogP contribution in [-0.4, -0.2) is 39.5 Å². The van der Waals surface area contributed by atoms with Crippen LogP contribution in [0.15, 0.2) is 12.5 Å². The van der Waals surface area contributed by atoms with E-state index in [0.717, 1.165) is 6.54 Å². The summed E-state index contributed by atoms with van der Waals surface area (Å²) >= 11 is 0. The number of aromatic nitrogens is 2. The number of imidazole rings is 1. The van der Waals surface area contributed by atoms with E-state index >= 15 is 0 Å². The van der Waals surface area contributed by atoms with Crippen LogP contribution in [0.4, 0.5) is 0 Å². The molecule has 0 unspecified atom stereocenters. The van der Waals surface area contributed by atoms with Gasteiger partial charge in [0.05, 0.1) is 6.33 Å². The molecule has 1 amide bonds. The molecule has 0 saturated heterocycles. The molecule has 1 aliphatic rings. The molecule has 18 heavy (non-hydrogen) atoms. The van der Waals surface area contributed by atoms with Gasteiger partial charge in [0.2, 0.25) is 0 Å². The van der Waals surface area contributed by atoms with Crippen LogP contribution in [0.1, 0.15) is 37.2 Å². The minimum atomic E-state index is 0.0349. The second-order valence-electron chi connectivity index (χ2n) is 5.28. The number of nitrogens with zero attached hydrogens (tertiary/aromatic N) is 3. The molecule has 0 radical (unpaired) electrons. The smallest absolute Gasteiger partial charge is 0.274 e. The third-order valence-corrected chi connectivity index (χ3v) is 3.28. The van der Waals surface area contributed by atoms with Gasteiger partial charge in [-0.25, -0.2) is 4.98 Å². The molecular formula is C13H22N4O. The summed E-state index contributed by atoms with van der Waals surface area (Å²) in [5.74, 6) is 0.732. The standard InChI is InChI=1S/C13H22N4O/c1-10(2)17(7-11-3-4-11)13(18)12-8-16(6-5-14)9-15-12/h8-11H,3-7,14H2,1-2H3. The van der Waals surface area contributed by atoms with Gasteiger partial charge in [0.1, 0.15) is 5.69 Å². The molecule has 1 heterocycles. The highest BCUT2D eigenvalue weighted by molar-refractivity contribution is 5.92. The maximum Gasteiger partial charge on any atom is 0.274 e. The van der Waals surface area contributed by atoms with Crippen molar-refractivity contribution in [1.29, 1.82) is 0 Å². The average Bonchev–Trinajstić information content (AvgIpc) is 3.03. The molecule has 0 aromatic carbocycles. The van der Waals surface area contributed by atoms with Crippen LogP contribution in [-0.2, 0) is 6.54 Å². The lowest BCUT2D eigenvalue weighted by molar-refractivity contribution is 0.0690. The molecule has 0 spiro atoms. The van der Waals surface area contributed by atoms with Crippen LogP contribution in [0, 0.1) is 5.92 Å². The van der Waals surface area contributed by atoms with Gasteiger partial charge in [-0.1, -0.05) is 0 Å². The van der Waals surface area contributed by atoms with Crippen LogP contribution >= 0.6 is 0 Å². The fraction of sp³-hybridized carbons (Fsp3) is 0.692. The van der Waals surface area contributed by atoms with E-state index in [9.17, 15) is 4.79 Å². The highest BCUT2D eigenvalue weighted by atomic mass is 16.2. The Morgan fingerprint density at radius 2 is 2.33 bits per heavy atom. The van der Waals surface area contributed by atoms with E-state index in [2.05, 4.69) is 18.8 Å². The Bertz CT molecular complexity index is 409. The van der Waals surface area contributed by atoms with Crippen LogP contribution in [0.25, 0.3) is 0 Å². The summed E-state index contributed by atoms with van der Waals surface area (Å²) in [4.78, 5) is 18.5. The monoisotopic (exact) mass is 250 g/mol. The first-order chi connectivity index (χ1) is 8.61. The summed E-state index contributed by atoms with van der Waals surface area (Å²) in [5.41, 5.74) is 6.01. The van der Waals surface area contributed by atoms with Gasteiger partial charge in [0.25, 0.3) is 5.91 Å². The van der Waals surface area contributed by atoms with Crippen LogP contribution in [0.5, 0.6) is 0 Å². The largest absolute Gasteiger partial charge is 0.335 e. The first kappa shape index (κ1) is 13.1. The highest BCUT2D eigenvalue weighted by Crippen LogP contribution is 2.30. The maximum absolute atomic E-state index is 12.4. The van der Waals surface area contributed by atoms with E-state index in [4.69, 9.17) is 5.73 Å². The number of hydrogen-bond donors (Lipinski definition) is 1. The quantitative estimate of drug-likeness (QED) is 0.822. The number of rotatable bonds is 6. The van der Waals surface area contributed by atoms with Gasteiger partial charge in [-0.2, -0.15) is 0 Å². The molecule has 2 N–H and O–H groups in total. The number of hydrogen-bond acceptors (Lipinski definition) is 3. The van der Waals surface area contributed by atoms with Gasteiger partial charge in [0, 0.05) is 31.9 Å². The van der Waals surface area contributed by atoms with Crippen molar-refractivity contribution in [3.8, 4) is 0 Å². The Morgan fingerprint density at radius 3 is 2.89 bits per heavy atom. The van der Waals surface area contributed by atoms with Crippen LogP contribution < -0.4 is 5.73 Å². The molecule has 1 aromatic rings. The van der Waals surface area contributed by atoms with Gasteiger partial charge in [-0.15, -0.1) is 0 Å². The molecule has 1 saturated carbocycles. The fourth-order valence-corrected chi connectivity index (χ4v) is 2.00. The van der Waals surface area contributed by atoms with Crippen molar-refractivity contribution in [2.75, 3.05) is 13.1 Å². The molecule has 1 fully saturated rings. The van der Waals surface area contributed by atoms with Gasteiger partial charge in [0.15, 0.2) is 0 Å². The first-order valence-corrected chi connectivity index (χ1v) is 6.64. The molecular weight excluding hydrogens is 228 g/mol. The van der Waals surface area contributed by atoms with Gasteiger partial charge < -0.3 is 15.2 Å². The minimum Gasteiger partial charge on any atom is -0.335 e. The van der Waals surface area contributed by atoms with E-state index in [0.29, 0.717) is 24.7 Å². The number of nitrogens with two attached hydrogens (primary N) is 1. The SMILES string of the molecule is CC(C)N(CC1CC1)C(=O)c1cn(CCN)cn1. The number of carbonyl (C=O) groups excluding carboxylic acids is 1. The van der Waals surface area contributed by atoms with Gasteiger partial charge in [-0.3, -0.25) is 4.79 Å². The van der Waals surface area contributed by atoms with E-state index in [1.54, 1.807) is 12.5 Å². The second-order valence-corrected chi connectivity index (χ2v) is 5.28. The topological polar surface area (TPSA) is 64.2 Å². The Labute approximate surface area is 108 Å². The van der Waals surface area contributed by atoms with Crippen molar-refractivity contribution in [2.45, 2.75) is 39.3 Å². The zero-order valence-corrected chi connectivity index (χ0v) is 11.2. The molecule has 0 aliphatic heterocycles. The minimum absolute atomic E-state index is 0.0349. The summed E-state index contributed by atoms with van der Waals surface area (Å²) in [6.45, 7) is 6.22. The molecule has 1 aliphatic carbocycles. The summed E-state index contributed by atoms with van der Waals surface area (Å²) in [6.07, 6.45) is 5.96. The van der Waals surface area contributed by atoms with E-state index in [1.165, 1.54) is 12.8 Å². The second kappa shape index (κ2) is 5.52. The average molecular weight is 250 g/mol. The number of amides is 1. The van der Waals surface area contributed by atoms with Crippen molar-refractivity contribution < 1.29 is 4.79 Å². The lowest BCUT2D eigenvalue weighted by atomic mass is 10.2. The third kappa shape index (κ3) is 3.10. The lowest BCUT2D eigenvalue weighted by Crippen LogP contribution is -2.38.